The molecule has 2 aromatic rings. The maximum Gasteiger partial charge on any atom is 0.201 e. The van der Waals surface area contributed by atoms with Crippen molar-refractivity contribution in [2.75, 3.05) is 24.8 Å². The number of ether oxygens (including phenoxy) is 2. The van der Waals surface area contributed by atoms with Crippen LogP contribution < -0.4 is 20.1 Å². The second-order valence-electron chi connectivity index (χ2n) is 13.9. The largest absolute Gasteiger partial charge is 0.504 e. The molecular formula is C37H47N3O8S2. The quantitative estimate of drug-likeness (QED) is 0.139. The number of guanidine groups is 1. The van der Waals surface area contributed by atoms with Crippen molar-refractivity contribution in [3.8, 4) is 34.8 Å². The molecule has 0 spiro atoms. The van der Waals surface area contributed by atoms with E-state index < -0.39 is 19.2 Å². The highest BCUT2D eigenvalue weighted by Crippen LogP contribution is 2.46. The van der Waals surface area contributed by atoms with Gasteiger partial charge < -0.3 is 45.6 Å². The SMILES string of the molecule is CC(C)[C@@H]1CSSC[C@H]([C@@H]2Cc3c4cc(c(O)c3O[C@@H]2O)CC#Cc2c(ccc(O)c2OCO)CCC(=O)C[C@H](O)CC4)[C@@H]2CCN=C(N1)N2. The molecule has 4 bridgehead atoms. The van der Waals surface area contributed by atoms with E-state index in [9.17, 15) is 30.3 Å². The van der Waals surface area contributed by atoms with Crippen molar-refractivity contribution in [3.63, 3.8) is 0 Å². The number of benzene rings is 2. The molecular weight excluding hydrogens is 679 g/mol. The molecule has 7 N–H and O–H groups in total. The number of fused-ring (bicyclic) bond motifs is 7. The number of carbonyl (C=O) groups excluding carboxylic acids is 1. The first-order valence-electron chi connectivity index (χ1n) is 17.4. The smallest absolute Gasteiger partial charge is 0.201 e. The Bertz CT molecular complexity index is 1660. The van der Waals surface area contributed by atoms with E-state index in [4.69, 9.17) is 14.5 Å². The standard InChI is InChI=1S/C37H47N3O8S2/c1-20(2)31-18-50-49-17-29(30-12-13-38-37(39-30)40-31)28-16-27-22-7-10-25(43)15-24(42)9-6-21-8-11-32(44)34(47-19-41)26(21)5-3-4-23(14-22)33(45)35(27)48-36(28)46/h8,11,14,20,25,28-31,36,41,43-46H,4,6-7,9-10,12-13,15-19H2,1-2H3,(H2,38,39,40)/t25-,28+,29-,30+,31+,36+/m1/s1. The molecule has 6 rings (SSSR count). The van der Waals surface area contributed by atoms with E-state index >= 15 is 0 Å². The van der Waals surface area contributed by atoms with Crippen LogP contribution in [-0.4, -0.2) is 86.6 Å². The van der Waals surface area contributed by atoms with Crippen LogP contribution in [0.25, 0.3) is 0 Å². The maximum atomic E-state index is 12.9. The Labute approximate surface area is 301 Å². The summed E-state index contributed by atoms with van der Waals surface area (Å²) in [4.78, 5) is 17.7. The predicted octanol–water partition coefficient (Wildman–Crippen LogP) is 3.43. The van der Waals surface area contributed by atoms with Crippen molar-refractivity contribution in [1.29, 1.82) is 0 Å². The van der Waals surface area contributed by atoms with Crippen molar-refractivity contribution >= 4 is 33.3 Å². The number of aryl methyl sites for hydroxylation is 2. The number of phenols is 2. The number of phenolic OH excluding ortho intramolecular Hbond substituents is 2. The molecule has 1 aliphatic carbocycles. The minimum Gasteiger partial charge on any atom is -0.504 e. The molecule has 0 aromatic heterocycles. The Balaban J connectivity index is 1.34. The summed E-state index contributed by atoms with van der Waals surface area (Å²) >= 11 is 0. The Kier molecular flexibility index (Phi) is 12.0. The van der Waals surface area contributed by atoms with Gasteiger partial charge in [-0.25, -0.2) is 0 Å². The first-order valence-corrected chi connectivity index (χ1v) is 19.9. The molecule has 11 nitrogen and oxygen atoms in total. The molecule has 50 heavy (non-hydrogen) atoms. The number of rotatable bonds is 4. The van der Waals surface area contributed by atoms with Crippen LogP contribution in [0.15, 0.2) is 23.2 Å². The van der Waals surface area contributed by atoms with Gasteiger partial charge in [0, 0.05) is 66.4 Å². The molecule has 270 valence electrons. The zero-order valence-corrected chi connectivity index (χ0v) is 30.1. The van der Waals surface area contributed by atoms with Crippen molar-refractivity contribution in [2.45, 2.75) is 89.7 Å². The Morgan fingerprint density at radius 3 is 2.64 bits per heavy atom. The van der Waals surface area contributed by atoms with Crippen molar-refractivity contribution in [3.05, 3.63) is 46.0 Å². The highest BCUT2D eigenvalue weighted by molar-refractivity contribution is 8.76. The minimum atomic E-state index is -1.16. The predicted molar refractivity (Wildman–Crippen MR) is 195 cm³/mol. The molecule has 1 fully saturated rings. The van der Waals surface area contributed by atoms with Gasteiger partial charge >= 0.3 is 0 Å². The van der Waals surface area contributed by atoms with Crippen LogP contribution in [0, 0.1) is 29.6 Å². The van der Waals surface area contributed by atoms with E-state index in [-0.39, 0.29) is 72.0 Å². The third-order valence-electron chi connectivity index (χ3n) is 10.2. The monoisotopic (exact) mass is 725 g/mol. The number of ketones is 1. The zero-order chi connectivity index (χ0) is 35.4. The van der Waals surface area contributed by atoms with Crippen LogP contribution in [0.4, 0.5) is 0 Å². The molecule has 13 heteroatoms. The summed E-state index contributed by atoms with van der Waals surface area (Å²) in [5.41, 5.74) is 3.16. The lowest BCUT2D eigenvalue weighted by atomic mass is 9.78. The molecule has 0 unspecified atom stereocenters. The molecule has 1 saturated heterocycles. The van der Waals surface area contributed by atoms with Gasteiger partial charge in [-0.2, -0.15) is 0 Å². The number of aromatic hydroxyl groups is 2. The molecule has 4 aliphatic rings. The fraction of sp³-hybridized carbons (Fsp3) is 0.568. The fourth-order valence-electron chi connectivity index (χ4n) is 7.26. The van der Waals surface area contributed by atoms with E-state index in [0.717, 1.165) is 35.0 Å². The Morgan fingerprint density at radius 2 is 1.84 bits per heavy atom. The maximum absolute atomic E-state index is 12.9. The summed E-state index contributed by atoms with van der Waals surface area (Å²) in [6.45, 7) is 4.42. The second-order valence-corrected chi connectivity index (χ2v) is 16.4. The van der Waals surface area contributed by atoms with Crippen LogP contribution in [0.3, 0.4) is 0 Å². The average Bonchev–Trinajstić information content (AvgIpc) is 3.09. The van der Waals surface area contributed by atoms with Crippen LogP contribution in [-0.2, 0) is 30.5 Å². The van der Waals surface area contributed by atoms with Crippen LogP contribution in [0.1, 0.15) is 67.3 Å². The van der Waals surface area contributed by atoms with E-state index in [1.807, 2.05) is 27.7 Å². The van der Waals surface area contributed by atoms with Crippen molar-refractivity contribution in [2.24, 2.45) is 22.7 Å². The highest BCUT2D eigenvalue weighted by atomic mass is 33.1. The first-order chi connectivity index (χ1) is 24.1. The number of nitrogens with zero attached hydrogens (tertiary/aromatic N) is 1. The number of aliphatic imine (C=N–C) groups is 1. The van der Waals surface area contributed by atoms with Crippen LogP contribution >= 0.6 is 21.6 Å². The highest BCUT2D eigenvalue weighted by Gasteiger charge is 2.42. The normalized spacial score (nSPS) is 27.3. The van der Waals surface area contributed by atoms with Gasteiger partial charge in [-0.05, 0) is 61.1 Å². The van der Waals surface area contributed by atoms with Gasteiger partial charge in [-0.1, -0.05) is 59.4 Å². The number of hydrogen-bond acceptors (Lipinski definition) is 13. The average molecular weight is 726 g/mol. The van der Waals surface area contributed by atoms with Crippen LogP contribution in [0.5, 0.6) is 23.0 Å². The molecule has 0 amide bonds. The Hall–Kier alpha value is -3.28. The summed E-state index contributed by atoms with van der Waals surface area (Å²) in [6.07, 6.45) is 0.627. The van der Waals surface area contributed by atoms with Gasteiger partial charge in [0.15, 0.2) is 35.8 Å². The first kappa shape index (κ1) is 36.5. The number of carbonyl (C=O) groups is 1. The fourth-order valence-corrected chi connectivity index (χ4v) is 10.2. The summed E-state index contributed by atoms with van der Waals surface area (Å²) in [5, 5.41) is 61.2. The van der Waals surface area contributed by atoms with Gasteiger partial charge in [0.2, 0.25) is 6.29 Å². The second kappa shape index (κ2) is 16.4. The Morgan fingerprint density at radius 1 is 1.02 bits per heavy atom. The summed E-state index contributed by atoms with van der Waals surface area (Å²) in [5.74, 6) is 8.70. The van der Waals surface area contributed by atoms with E-state index in [1.165, 1.54) is 6.07 Å². The molecule has 2 aromatic carbocycles. The van der Waals surface area contributed by atoms with Gasteiger partial charge in [0.05, 0.1) is 11.7 Å². The summed E-state index contributed by atoms with van der Waals surface area (Å²) in [7, 11) is 3.64. The third-order valence-corrected chi connectivity index (χ3v) is 12.7. The lowest BCUT2D eigenvalue weighted by Crippen LogP contribution is -2.57. The lowest BCUT2D eigenvalue weighted by Gasteiger charge is -2.42. The molecule has 3 heterocycles. The zero-order valence-electron chi connectivity index (χ0n) is 28.5. The van der Waals surface area contributed by atoms with Crippen LogP contribution in [0.2, 0.25) is 0 Å². The topological polar surface area (TPSA) is 173 Å². The van der Waals surface area contributed by atoms with E-state index in [0.29, 0.717) is 54.8 Å². The van der Waals surface area contributed by atoms with Crippen molar-refractivity contribution in [1.82, 2.24) is 10.6 Å². The minimum absolute atomic E-state index is 0.00996. The lowest BCUT2D eigenvalue weighted by molar-refractivity contribution is -0.121. The van der Waals surface area contributed by atoms with Gasteiger partial charge in [-0.3, -0.25) is 9.79 Å². The van der Waals surface area contributed by atoms with Crippen molar-refractivity contribution < 1.29 is 39.8 Å². The number of hydrogen-bond donors (Lipinski definition) is 7. The number of aliphatic hydroxyl groups is 3. The summed E-state index contributed by atoms with van der Waals surface area (Å²) in [6, 6.07) is 5.34. The number of Topliss-reactive ketones (excluding diaryl/α,β-unsaturated/α-hetero) is 1. The summed E-state index contributed by atoms with van der Waals surface area (Å²) < 4.78 is 11.5. The molecule has 6 atom stereocenters. The number of nitrogens with one attached hydrogen (secondary N) is 2. The van der Waals surface area contributed by atoms with E-state index in [2.05, 4.69) is 36.3 Å². The van der Waals surface area contributed by atoms with E-state index in [1.54, 1.807) is 6.07 Å². The molecule has 0 saturated carbocycles. The third kappa shape index (κ3) is 8.26. The van der Waals surface area contributed by atoms with Gasteiger partial charge in [0.25, 0.3) is 0 Å². The van der Waals surface area contributed by atoms with Gasteiger partial charge in [-0.15, -0.1) is 0 Å². The molecule has 0 radical (unpaired) electrons. The molecule has 3 aliphatic heterocycles. The van der Waals surface area contributed by atoms with Gasteiger partial charge in [0.1, 0.15) is 5.78 Å². The number of aliphatic hydroxyl groups excluding tert-OH is 3.